The Morgan fingerprint density at radius 2 is 2.07 bits per heavy atom. The second-order valence-corrected chi connectivity index (χ2v) is 3.69. The van der Waals surface area contributed by atoms with Crippen LogP contribution in [0.2, 0.25) is 0 Å². The highest BCUT2D eigenvalue weighted by atomic mass is 32.1. The van der Waals surface area contributed by atoms with Crippen molar-refractivity contribution in [3.05, 3.63) is 41.4 Å². The molecule has 1 radical (unpaired) electrons. The Kier molecular flexibility index (Phi) is 2.70. The van der Waals surface area contributed by atoms with Crippen molar-refractivity contribution in [2.24, 2.45) is 0 Å². The molecule has 1 aromatic carbocycles. The van der Waals surface area contributed by atoms with Crippen LogP contribution in [0, 0.1) is 0 Å². The average molecular weight is 202 g/mol. The summed E-state index contributed by atoms with van der Waals surface area (Å²) in [4.78, 5) is 14.5. The maximum atomic E-state index is 10.2. The Bertz CT molecular complexity index is 422. The van der Waals surface area contributed by atoms with Crippen LogP contribution in [0.1, 0.15) is 5.69 Å². The van der Waals surface area contributed by atoms with E-state index in [0.29, 0.717) is 0 Å². The van der Waals surface area contributed by atoms with Crippen molar-refractivity contribution in [3.63, 3.8) is 0 Å². The van der Waals surface area contributed by atoms with Crippen molar-refractivity contribution >= 4 is 17.6 Å². The fourth-order valence-electron chi connectivity index (χ4n) is 1.18. The van der Waals surface area contributed by atoms with Gasteiger partial charge in [0.1, 0.15) is 5.01 Å². The molecule has 2 nitrogen and oxygen atoms in total. The first-order chi connectivity index (χ1) is 6.90. The average Bonchev–Trinajstić information content (AvgIpc) is 2.68. The van der Waals surface area contributed by atoms with Gasteiger partial charge in [0, 0.05) is 10.9 Å². The van der Waals surface area contributed by atoms with Crippen LogP contribution in [0.5, 0.6) is 0 Å². The van der Waals surface area contributed by atoms with Crippen molar-refractivity contribution < 1.29 is 4.79 Å². The predicted molar refractivity (Wildman–Crippen MR) is 56.9 cm³/mol. The number of hydrogen-bond donors (Lipinski definition) is 0. The molecule has 0 unspecified atom stereocenters. The van der Waals surface area contributed by atoms with Crippen molar-refractivity contribution in [3.8, 4) is 10.6 Å². The molecule has 0 fully saturated rings. The van der Waals surface area contributed by atoms with E-state index in [4.69, 9.17) is 0 Å². The summed E-state index contributed by atoms with van der Waals surface area (Å²) in [6.07, 6.45) is 2.12. The van der Waals surface area contributed by atoms with Crippen molar-refractivity contribution in [2.45, 2.75) is 6.42 Å². The Hall–Kier alpha value is -1.48. The van der Waals surface area contributed by atoms with E-state index in [9.17, 15) is 4.79 Å². The van der Waals surface area contributed by atoms with Crippen LogP contribution in [0.3, 0.4) is 0 Å². The van der Waals surface area contributed by atoms with E-state index in [0.717, 1.165) is 16.3 Å². The number of carbonyl (C=O) groups excluding carboxylic acids is 1. The molecule has 0 aliphatic heterocycles. The first-order valence-electron chi connectivity index (χ1n) is 4.25. The third-order valence-corrected chi connectivity index (χ3v) is 2.77. The Balaban J connectivity index is 2.29. The molecular weight excluding hydrogens is 194 g/mol. The van der Waals surface area contributed by atoms with E-state index in [1.807, 2.05) is 42.0 Å². The van der Waals surface area contributed by atoms with Crippen LogP contribution >= 0.6 is 11.3 Å². The highest BCUT2D eigenvalue weighted by Gasteiger charge is 2.03. The Morgan fingerprint density at radius 3 is 2.79 bits per heavy atom. The molecule has 69 valence electrons. The summed E-state index contributed by atoms with van der Waals surface area (Å²) in [5.41, 5.74) is 1.89. The van der Waals surface area contributed by atoms with Gasteiger partial charge in [-0.3, -0.25) is 4.79 Å². The predicted octanol–water partition coefficient (Wildman–Crippen LogP) is 2.46. The number of nitrogens with zero attached hydrogens (tertiary/aromatic N) is 1. The second kappa shape index (κ2) is 4.15. The lowest BCUT2D eigenvalue weighted by Crippen LogP contribution is -1.85. The third kappa shape index (κ3) is 1.88. The molecule has 14 heavy (non-hydrogen) atoms. The standard InChI is InChI=1S/C11H8NOS/c13-7-6-10-8-14-11(12-10)9-4-2-1-3-5-9/h1-5,8H,6H2. The molecule has 0 amide bonds. The molecular formula is C11H8NOS. The minimum Gasteiger partial charge on any atom is -0.290 e. The van der Waals surface area contributed by atoms with Crippen molar-refractivity contribution in [1.82, 2.24) is 4.98 Å². The summed E-state index contributed by atoms with van der Waals surface area (Å²) < 4.78 is 0. The summed E-state index contributed by atoms with van der Waals surface area (Å²) in [5.74, 6) is 0. The van der Waals surface area contributed by atoms with Gasteiger partial charge in [-0.05, 0) is 0 Å². The molecule has 0 atom stereocenters. The lowest BCUT2D eigenvalue weighted by Gasteiger charge is -1.92. The monoisotopic (exact) mass is 202 g/mol. The molecule has 0 aliphatic rings. The topological polar surface area (TPSA) is 30.0 Å². The molecule has 1 aromatic heterocycles. The summed E-state index contributed by atoms with van der Waals surface area (Å²) in [6, 6.07) is 9.93. The highest BCUT2D eigenvalue weighted by Crippen LogP contribution is 2.22. The van der Waals surface area contributed by atoms with Gasteiger partial charge in [-0.15, -0.1) is 11.3 Å². The molecule has 0 saturated carbocycles. The van der Waals surface area contributed by atoms with Gasteiger partial charge < -0.3 is 0 Å². The molecule has 0 spiro atoms. The lowest BCUT2D eigenvalue weighted by molar-refractivity contribution is 0.554. The van der Waals surface area contributed by atoms with E-state index in [-0.39, 0.29) is 6.42 Å². The van der Waals surface area contributed by atoms with E-state index >= 15 is 0 Å². The number of rotatable bonds is 3. The van der Waals surface area contributed by atoms with Gasteiger partial charge in [0.05, 0.1) is 12.1 Å². The second-order valence-electron chi connectivity index (χ2n) is 2.83. The lowest BCUT2D eigenvalue weighted by atomic mass is 10.2. The zero-order valence-corrected chi connectivity index (χ0v) is 8.25. The number of benzene rings is 1. The molecule has 3 heteroatoms. The van der Waals surface area contributed by atoms with Crippen LogP contribution < -0.4 is 0 Å². The summed E-state index contributed by atoms with van der Waals surface area (Å²) >= 11 is 1.55. The summed E-state index contributed by atoms with van der Waals surface area (Å²) in [7, 11) is 0. The summed E-state index contributed by atoms with van der Waals surface area (Å²) in [5, 5.41) is 2.85. The SMILES string of the molecule is O=[C]Cc1csc(-c2ccccc2)n1. The molecule has 0 bridgehead atoms. The fraction of sp³-hybridized carbons (Fsp3) is 0.0909. The summed E-state index contributed by atoms with van der Waals surface area (Å²) in [6.45, 7) is 0. The van der Waals surface area contributed by atoms with Gasteiger partial charge in [-0.1, -0.05) is 30.3 Å². The maximum Gasteiger partial charge on any atom is 0.204 e. The quantitative estimate of drug-likeness (QED) is 0.765. The molecule has 2 aromatic rings. The van der Waals surface area contributed by atoms with Crippen LogP contribution in [0.25, 0.3) is 10.6 Å². The van der Waals surface area contributed by atoms with E-state index in [2.05, 4.69) is 4.98 Å². The maximum absolute atomic E-state index is 10.2. The zero-order valence-electron chi connectivity index (χ0n) is 7.43. The number of thiazole rings is 1. The van der Waals surface area contributed by atoms with Crippen molar-refractivity contribution in [1.29, 1.82) is 0 Å². The number of hydrogen-bond acceptors (Lipinski definition) is 3. The van der Waals surface area contributed by atoms with Crippen LogP contribution in [-0.4, -0.2) is 11.3 Å². The number of aromatic nitrogens is 1. The van der Waals surface area contributed by atoms with Gasteiger partial charge in [-0.2, -0.15) is 0 Å². The fourth-order valence-corrected chi connectivity index (χ4v) is 2.00. The minimum atomic E-state index is 0.281. The Morgan fingerprint density at radius 1 is 1.29 bits per heavy atom. The van der Waals surface area contributed by atoms with E-state index in [1.54, 1.807) is 11.3 Å². The van der Waals surface area contributed by atoms with E-state index in [1.165, 1.54) is 0 Å². The molecule has 1 heterocycles. The van der Waals surface area contributed by atoms with Crippen LogP contribution in [0.4, 0.5) is 0 Å². The van der Waals surface area contributed by atoms with E-state index < -0.39 is 0 Å². The van der Waals surface area contributed by atoms with Crippen LogP contribution in [-0.2, 0) is 11.2 Å². The smallest absolute Gasteiger partial charge is 0.204 e. The van der Waals surface area contributed by atoms with Gasteiger partial charge in [-0.25, -0.2) is 4.98 Å². The zero-order chi connectivity index (χ0) is 9.80. The third-order valence-electron chi connectivity index (χ3n) is 1.83. The van der Waals surface area contributed by atoms with Gasteiger partial charge >= 0.3 is 0 Å². The first kappa shape index (κ1) is 9.09. The van der Waals surface area contributed by atoms with Crippen LogP contribution in [0.15, 0.2) is 35.7 Å². The van der Waals surface area contributed by atoms with Gasteiger partial charge in [0.15, 0.2) is 0 Å². The molecule has 0 N–H and O–H groups in total. The van der Waals surface area contributed by atoms with Gasteiger partial charge in [0.25, 0.3) is 0 Å². The Labute approximate surface area is 86.2 Å². The van der Waals surface area contributed by atoms with Crippen molar-refractivity contribution in [2.75, 3.05) is 0 Å². The highest BCUT2D eigenvalue weighted by molar-refractivity contribution is 7.13. The van der Waals surface area contributed by atoms with Gasteiger partial charge in [0.2, 0.25) is 6.29 Å². The molecule has 0 saturated heterocycles. The molecule has 0 aliphatic carbocycles. The largest absolute Gasteiger partial charge is 0.290 e. The minimum absolute atomic E-state index is 0.281. The molecule has 2 rings (SSSR count). The first-order valence-corrected chi connectivity index (χ1v) is 5.13. The normalized spacial score (nSPS) is 10.0.